The summed E-state index contributed by atoms with van der Waals surface area (Å²) in [5.41, 5.74) is 3.72. The minimum atomic E-state index is -0.0329. The van der Waals surface area contributed by atoms with E-state index in [0.717, 1.165) is 33.2 Å². The number of carbonyl (C=O) groups excluding carboxylic acids is 1. The average molecular weight is 390 g/mol. The molecule has 0 spiro atoms. The quantitative estimate of drug-likeness (QED) is 0.252. The van der Waals surface area contributed by atoms with Crippen molar-refractivity contribution >= 4 is 28.7 Å². The van der Waals surface area contributed by atoms with Crippen LogP contribution in [-0.4, -0.2) is 5.78 Å². The zero-order valence-corrected chi connectivity index (χ0v) is 16.6. The Kier molecular flexibility index (Phi) is 5.86. The van der Waals surface area contributed by atoms with Gasteiger partial charge in [0, 0.05) is 11.1 Å². The first-order valence-electron chi connectivity index (χ1n) is 9.88. The molecular formula is C28H22O2. The van der Waals surface area contributed by atoms with Crippen molar-refractivity contribution in [2.45, 2.75) is 6.61 Å². The highest BCUT2D eigenvalue weighted by atomic mass is 16.5. The maximum absolute atomic E-state index is 12.6. The third-order valence-electron chi connectivity index (χ3n) is 5.00. The highest BCUT2D eigenvalue weighted by Gasteiger charge is 2.08. The van der Waals surface area contributed by atoms with Crippen molar-refractivity contribution in [1.29, 1.82) is 0 Å². The van der Waals surface area contributed by atoms with Gasteiger partial charge in [0.05, 0.1) is 0 Å². The van der Waals surface area contributed by atoms with E-state index < -0.39 is 0 Å². The second-order valence-electron chi connectivity index (χ2n) is 7.00. The molecule has 0 bridgehead atoms. The maximum Gasteiger partial charge on any atom is 0.185 e. The van der Waals surface area contributed by atoms with Gasteiger partial charge in [0.1, 0.15) is 12.4 Å². The number of ether oxygens (including phenoxy) is 1. The Morgan fingerprint density at radius 2 is 1.57 bits per heavy atom. The summed E-state index contributed by atoms with van der Waals surface area (Å²) in [6.45, 7) is 4.23. The van der Waals surface area contributed by atoms with Crippen molar-refractivity contribution in [3.05, 3.63) is 126 Å². The van der Waals surface area contributed by atoms with E-state index in [9.17, 15) is 4.79 Å². The van der Waals surface area contributed by atoms with Crippen molar-refractivity contribution in [3.8, 4) is 5.75 Å². The van der Waals surface area contributed by atoms with E-state index in [-0.39, 0.29) is 5.78 Å². The molecule has 0 atom stereocenters. The number of carbonyl (C=O) groups is 1. The Balaban J connectivity index is 1.64. The largest absolute Gasteiger partial charge is 0.488 e. The van der Waals surface area contributed by atoms with E-state index in [0.29, 0.717) is 12.2 Å². The molecule has 4 rings (SSSR count). The predicted octanol–water partition coefficient (Wildman–Crippen LogP) is 6.96. The number of rotatable bonds is 7. The Hall–Kier alpha value is -3.91. The van der Waals surface area contributed by atoms with Gasteiger partial charge in [-0.1, -0.05) is 97.6 Å². The SMILES string of the molecule is C=Cc1ccc(COc2ccc3ccccc3c2/C=C/C(=O)c2ccccc2)cc1. The number of hydrogen-bond acceptors (Lipinski definition) is 2. The van der Waals surface area contributed by atoms with Crippen LogP contribution in [-0.2, 0) is 6.61 Å². The molecule has 2 nitrogen and oxygen atoms in total. The van der Waals surface area contributed by atoms with E-state index in [1.54, 1.807) is 6.08 Å². The van der Waals surface area contributed by atoms with Crippen LogP contribution in [0.4, 0.5) is 0 Å². The third-order valence-corrected chi connectivity index (χ3v) is 5.00. The van der Waals surface area contributed by atoms with Crippen molar-refractivity contribution in [2.24, 2.45) is 0 Å². The molecule has 0 N–H and O–H groups in total. The first kappa shape index (κ1) is 19.4. The first-order chi connectivity index (χ1) is 14.7. The maximum atomic E-state index is 12.6. The summed E-state index contributed by atoms with van der Waals surface area (Å²) in [6.07, 6.45) is 5.29. The van der Waals surface area contributed by atoms with Crippen LogP contribution in [0.25, 0.3) is 22.9 Å². The van der Waals surface area contributed by atoms with Crippen molar-refractivity contribution < 1.29 is 9.53 Å². The molecule has 0 heterocycles. The molecule has 2 heteroatoms. The fourth-order valence-corrected chi connectivity index (χ4v) is 3.34. The first-order valence-corrected chi connectivity index (χ1v) is 9.88. The summed E-state index contributed by atoms with van der Waals surface area (Å²) in [7, 11) is 0. The van der Waals surface area contributed by atoms with Gasteiger partial charge in [-0.3, -0.25) is 4.79 Å². The summed E-state index contributed by atoms with van der Waals surface area (Å²) in [5.74, 6) is 0.716. The molecule has 4 aromatic rings. The number of allylic oxidation sites excluding steroid dienone is 1. The van der Waals surface area contributed by atoms with Crippen LogP contribution in [0, 0.1) is 0 Å². The van der Waals surface area contributed by atoms with Crippen molar-refractivity contribution in [1.82, 2.24) is 0 Å². The van der Waals surface area contributed by atoms with Gasteiger partial charge < -0.3 is 4.74 Å². The lowest BCUT2D eigenvalue weighted by Gasteiger charge is -2.12. The van der Waals surface area contributed by atoms with E-state index in [2.05, 4.69) is 12.6 Å². The fourth-order valence-electron chi connectivity index (χ4n) is 3.34. The lowest BCUT2D eigenvalue weighted by Crippen LogP contribution is -1.98. The minimum absolute atomic E-state index is 0.0329. The Morgan fingerprint density at radius 1 is 0.833 bits per heavy atom. The topological polar surface area (TPSA) is 26.3 Å². The van der Waals surface area contributed by atoms with Crippen LogP contribution in [0.2, 0.25) is 0 Å². The summed E-state index contributed by atoms with van der Waals surface area (Å²) in [5, 5.41) is 2.15. The molecule has 0 radical (unpaired) electrons. The van der Waals surface area contributed by atoms with E-state index in [1.165, 1.54) is 0 Å². The summed E-state index contributed by atoms with van der Waals surface area (Å²) < 4.78 is 6.15. The minimum Gasteiger partial charge on any atom is -0.488 e. The summed E-state index contributed by atoms with van der Waals surface area (Å²) >= 11 is 0. The van der Waals surface area contributed by atoms with Crippen LogP contribution in [0.15, 0.2) is 104 Å². The second-order valence-corrected chi connectivity index (χ2v) is 7.00. The molecule has 0 aromatic heterocycles. The van der Waals surface area contributed by atoms with Crippen LogP contribution < -0.4 is 4.74 Å². The third kappa shape index (κ3) is 4.39. The zero-order valence-electron chi connectivity index (χ0n) is 16.6. The fraction of sp³-hybridized carbons (Fsp3) is 0.0357. The normalized spacial score (nSPS) is 10.9. The van der Waals surface area contributed by atoms with Gasteiger partial charge in [0.15, 0.2) is 5.78 Å². The monoisotopic (exact) mass is 390 g/mol. The standard InChI is InChI=1S/C28H22O2/c1-2-21-12-14-22(15-13-21)20-30-28-19-16-23-8-6-7-11-25(23)26(28)17-18-27(29)24-9-4-3-5-10-24/h2-19H,1,20H2/b18-17+. The van der Waals surface area contributed by atoms with E-state index in [4.69, 9.17) is 4.74 Å². The average Bonchev–Trinajstić information content (AvgIpc) is 2.82. The number of benzene rings is 4. The highest BCUT2D eigenvalue weighted by molar-refractivity contribution is 6.08. The van der Waals surface area contributed by atoms with Crippen LogP contribution >= 0.6 is 0 Å². The van der Waals surface area contributed by atoms with Gasteiger partial charge in [-0.25, -0.2) is 0 Å². The number of ketones is 1. The molecule has 0 fully saturated rings. The van der Waals surface area contributed by atoms with E-state index in [1.807, 2.05) is 97.1 Å². The van der Waals surface area contributed by atoms with Crippen LogP contribution in [0.5, 0.6) is 5.75 Å². The Morgan fingerprint density at radius 3 is 2.33 bits per heavy atom. The molecule has 0 saturated carbocycles. The van der Waals surface area contributed by atoms with Gasteiger partial charge in [-0.2, -0.15) is 0 Å². The Labute approximate surface area is 176 Å². The lowest BCUT2D eigenvalue weighted by atomic mass is 10.0. The summed E-state index contributed by atoms with van der Waals surface area (Å²) in [6, 6.07) is 29.5. The molecule has 0 aliphatic carbocycles. The van der Waals surface area contributed by atoms with Crippen LogP contribution in [0.3, 0.4) is 0 Å². The second kappa shape index (κ2) is 9.06. The van der Waals surface area contributed by atoms with E-state index >= 15 is 0 Å². The van der Waals surface area contributed by atoms with Gasteiger partial charge >= 0.3 is 0 Å². The van der Waals surface area contributed by atoms with Gasteiger partial charge in [-0.15, -0.1) is 0 Å². The zero-order chi connectivity index (χ0) is 20.8. The molecule has 0 amide bonds. The molecule has 30 heavy (non-hydrogen) atoms. The number of fused-ring (bicyclic) bond motifs is 1. The molecule has 146 valence electrons. The molecule has 0 unspecified atom stereocenters. The van der Waals surface area contributed by atoms with Crippen molar-refractivity contribution in [3.63, 3.8) is 0 Å². The summed E-state index contributed by atoms with van der Waals surface area (Å²) in [4.78, 5) is 12.6. The predicted molar refractivity (Wildman–Crippen MR) is 125 cm³/mol. The Bertz CT molecular complexity index is 1200. The number of hydrogen-bond donors (Lipinski definition) is 0. The van der Waals surface area contributed by atoms with Crippen LogP contribution in [0.1, 0.15) is 27.0 Å². The smallest absolute Gasteiger partial charge is 0.185 e. The van der Waals surface area contributed by atoms with Gasteiger partial charge in [0.2, 0.25) is 0 Å². The molecule has 0 saturated heterocycles. The molecule has 0 aliphatic rings. The van der Waals surface area contributed by atoms with Gasteiger partial charge in [0.25, 0.3) is 0 Å². The lowest BCUT2D eigenvalue weighted by molar-refractivity contribution is 0.104. The molecular weight excluding hydrogens is 368 g/mol. The molecule has 0 aliphatic heterocycles. The van der Waals surface area contributed by atoms with Gasteiger partial charge in [-0.05, 0) is 40.1 Å². The van der Waals surface area contributed by atoms with Crippen molar-refractivity contribution in [2.75, 3.05) is 0 Å². The highest BCUT2D eigenvalue weighted by Crippen LogP contribution is 2.30. The molecule has 4 aromatic carbocycles.